The largest absolute Gasteiger partial charge is 0.347 e. The van der Waals surface area contributed by atoms with Crippen molar-refractivity contribution < 1.29 is 4.58 Å². The zero-order chi connectivity index (χ0) is 36.9. The molecular weight excluding hydrogens is 641 g/mol. The molecule has 53 heavy (non-hydrogen) atoms. The summed E-state index contributed by atoms with van der Waals surface area (Å²) in [6.45, 7) is 11.9. The topological polar surface area (TPSA) is 6.25 Å². The van der Waals surface area contributed by atoms with Crippen molar-refractivity contribution in [3.05, 3.63) is 185 Å². The van der Waals surface area contributed by atoms with Crippen LogP contribution in [0.15, 0.2) is 169 Å². The van der Waals surface area contributed by atoms with Gasteiger partial charge in [-0.1, -0.05) is 130 Å². The van der Waals surface area contributed by atoms with E-state index in [1.165, 1.54) is 78.4 Å². The average Bonchev–Trinajstić information content (AvgIpc) is 3.49. The monoisotopic (exact) mass is 691 g/mol. The maximum absolute atomic E-state index is 2.43. The van der Waals surface area contributed by atoms with Gasteiger partial charge in [-0.2, -0.15) is 4.58 Å². The van der Waals surface area contributed by atoms with Gasteiger partial charge in [-0.05, 0) is 113 Å². The molecule has 0 spiro atoms. The average molecular weight is 692 g/mol. The summed E-state index contributed by atoms with van der Waals surface area (Å²) in [4.78, 5) is 2.40. The smallest absolute Gasteiger partial charge is 0.209 e. The Hall–Kier alpha value is -5.47. The molecule has 0 aromatic heterocycles. The van der Waals surface area contributed by atoms with Crippen molar-refractivity contribution in [2.24, 2.45) is 5.92 Å². The fourth-order valence-corrected chi connectivity index (χ4v) is 9.16. The lowest BCUT2D eigenvalue weighted by Gasteiger charge is -2.28. The minimum atomic E-state index is -0.129. The summed E-state index contributed by atoms with van der Waals surface area (Å²) < 4.78 is 2.40. The van der Waals surface area contributed by atoms with Crippen LogP contribution in [0.5, 0.6) is 0 Å². The molecule has 2 heteroatoms. The lowest BCUT2D eigenvalue weighted by atomic mass is 9.77. The van der Waals surface area contributed by atoms with Crippen LogP contribution in [0.25, 0.3) is 27.8 Å². The number of hydrogen-bond donors (Lipinski definition) is 0. The van der Waals surface area contributed by atoms with E-state index in [1.54, 1.807) is 0 Å². The van der Waals surface area contributed by atoms with Crippen molar-refractivity contribution in [3.63, 3.8) is 0 Å². The number of rotatable bonds is 6. The maximum atomic E-state index is 2.43. The second kappa shape index (κ2) is 13.5. The molecule has 1 unspecified atom stereocenters. The molecule has 1 atom stereocenters. The van der Waals surface area contributed by atoms with Crippen LogP contribution < -0.4 is 4.90 Å². The predicted octanol–water partition coefficient (Wildman–Crippen LogP) is 12.7. The normalized spacial score (nSPS) is 20.5. The highest BCUT2D eigenvalue weighted by atomic mass is 15.2. The quantitative estimate of drug-likeness (QED) is 0.161. The Morgan fingerprint density at radius 2 is 1.17 bits per heavy atom. The van der Waals surface area contributed by atoms with Gasteiger partial charge in [0.15, 0.2) is 5.71 Å². The molecule has 3 aliphatic rings. The number of hydrogen-bond acceptors (Lipinski definition) is 1. The summed E-state index contributed by atoms with van der Waals surface area (Å²) in [6, 6.07) is 46.4. The zero-order valence-corrected chi connectivity index (χ0v) is 32.3. The van der Waals surface area contributed by atoms with E-state index in [2.05, 4.69) is 210 Å². The van der Waals surface area contributed by atoms with Crippen molar-refractivity contribution >= 4 is 22.7 Å². The number of allylic oxidation sites excluding steroid dienone is 8. The molecule has 0 radical (unpaired) electrons. The Labute approximate surface area is 316 Å². The molecule has 0 fully saturated rings. The maximum Gasteiger partial charge on any atom is 0.209 e. The highest BCUT2D eigenvalue weighted by Gasteiger charge is 2.43. The molecule has 0 N–H and O–H groups in total. The van der Waals surface area contributed by atoms with Crippen molar-refractivity contribution in [2.75, 3.05) is 19.0 Å². The highest BCUT2D eigenvalue weighted by Crippen LogP contribution is 2.49. The van der Waals surface area contributed by atoms with Gasteiger partial charge in [-0.15, -0.1) is 0 Å². The number of anilines is 1. The van der Waals surface area contributed by atoms with Gasteiger partial charge in [0.2, 0.25) is 5.69 Å². The van der Waals surface area contributed by atoms with Gasteiger partial charge in [0, 0.05) is 41.6 Å². The van der Waals surface area contributed by atoms with Crippen molar-refractivity contribution in [1.82, 2.24) is 0 Å². The van der Waals surface area contributed by atoms with Crippen molar-refractivity contribution in [2.45, 2.75) is 58.3 Å². The molecular formula is C51H51N2+. The van der Waals surface area contributed by atoms with Crippen LogP contribution in [0.3, 0.4) is 0 Å². The Morgan fingerprint density at radius 3 is 1.79 bits per heavy atom. The van der Waals surface area contributed by atoms with Gasteiger partial charge in [0.05, 0.1) is 5.41 Å². The van der Waals surface area contributed by atoms with E-state index in [9.17, 15) is 0 Å². The Kier molecular flexibility index (Phi) is 8.81. The third-order valence-corrected chi connectivity index (χ3v) is 12.0. The lowest BCUT2D eigenvalue weighted by Crippen LogP contribution is -2.26. The van der Waals surface area contributed by atoms with Crippen LogP contribution in [-0.4, -0.2) is 24.4 Å². The van der Waals surface area contributed by atoms with Crippen molar-refractivity contribution in [3.8, 4) is 22.3 Å². The first kappa shape index (κ1) is 34.6. The van der Waals surface area contributed by atoms with Crippen LogP contribution in [-0.2, 0) is 10.8 Å². The second-order valence-corrected chi connectivity index (χ2v) is 16.3. The van der Waals surface area contributed by atoms with E-state index in [4.69, 9.17) is 0 Å². The van der Waals surface area contributed by atoms with E-state index in [-0.39, 0.29) is 10.8 Å². The summed E-state index contributed by atoms with van der Waals surface area (Å²) in [5.74, 6) is 0.539. The van der Waals surface area contributed by atoms with Crippen molar-refractivity contribution in [1.29, 1.82) is 0 Å². The minimum absolute atomic E-state index is 0.129. The molecule has 0 saturated carbocycles. The molecule has 264 valence electrons. The van der Waals surface area contributed by atoms with Gasteiger partial charge < -0.3 is 4.90 Å². The Morgan fingerprint density at radius 1 is 0.604 bits per heavy atom. The SMILES string of the molecule is CC1CC(/C=C/C2=[N+](C)c3ccc(-c4ccccc4)cc3C2(C)C)=C(c2ccccc2)C(=C/C=C2/N(C)c3ccc(-c4ccccc4)cc3C2(C)C)/C1. The van der Waals surface area contributed by atoms with Gasteiger partial charge >= 0.3 is 0 Å². The third-order valence-electron chi connectivity index (χ3n) is 12.0. The molecule has 8 rings (SSSR count). The molecule has 5 aromatic rings. The molecule has 2 aliphatic heterocycles. The van der Waals surface area contributed by atoms with Crippen LogP contribution in [0.1, 0.15) is 64.2 Å². The first-order valence-electron chi connectivity index (χ1n) is 19.2. The molecule has 2 heterocycles. The molecule has 1 aliphatic carbocycles. The fourth-order valence-electron chi connectivity index (χ4n) is 9.16. The predicted molar refractivity (Wildman–Crippen MR) is 226 cm³/mol. The van der Waals surface area contributed by atoms with Gasteiger partial charge in [-0.3, -0.25) is 0 Å². The first-order valence-corrected chi connectivity index (χ1v) is 19.2. The van der Waals surface area contributed by atoms with Crippen LogP contribution >= 0.6 is 0 Å². The van der Waals surface area contributed by atoms with Gasteiger partial charge in [0.25, 0.3) is 0 Å². The Bertz CT molecular complexity index is 2350. The third kappa shape index (κ3) is 6.15. The Balaban J connectivity index is 1.18. The summed E-state index contributed by atoms with van der Waals surface area (Å²) in [6.07, 6.45) is 11.8. The van der Waals surface area contributed by atoms with E-state index >= 15 is 0 Å². The number of benzene rings is 5. The summed E-state index contributed by atoms with van der Waals surface area (Å²) in [5, 5.41) is 0. The van der Waals surface area contributed by atoms with Gasteiger partial charge in [-0.25, -0.2) is 0 Å². The summed E-state index contributed by atoms with van der Waals surface area (Å²) >= 11 is 0. The number of fused-ring (bicyclic) bond motifs is 2. The molecule has 0 bridgehead atoms. The lowest BCUT2D eigenvalue weighted by molar-refractivity contribution is -0.401. The van der Waals surface area contributed by atoms with Crippen LogP contribution in [0, 0.1) is 5.92 Å². The van der Waals surface area contributed by atoms with Gasteiger partial charge in [0.1, 0.15) is 7.05 Å². The number of likely N-dealkylation sites (N-methyl/N-ethyl adjacent to an activating group) is 1. The first-order chi connectivity index (χ1) is 25.5. The second-order valence-electron chi connectivity index (χ2n) is 16.3. The van der Waals surface area contributed by atoms with E-state index in [0.29, 0.717) is 5.92 Å². The minimum Gasteiger partial charge on any atom is -0.347 e. The molecule has 2 nitrogen and oxygen atoms in total. The van der Waals surface area contributed by atoms with E-state index in [0.717, 1.165) is 12.8 Å². The zero-order valence-electron chi connectivity index (χ0n) is 32.3. The number of nitrogens with zero attached hydrogens (tertiary/aromatic N) is 2. The highest BCUT2D eigenvalue weighted by molar-refractivity contribution is 6.04. The van der Waals surface area contributed by atoms with Crippen LogP contribution in [0.2, 0.25) is 0 Å². The van der Waals surface area contributed by atoms with E-state index < -0.39 is 0 Å². The molecule has 5 aromatic carbocycles. The summed E-state index contributed by atoms with van der Waals surface area (Å²) in [7, 11) is 4.45. The molecule has 0 amide bonds. The summed E-state index contributed by atoms with van der Waals surface area (Å²) in [5.41, 5.74) is 18.3. The standard InChI is InChI=1S/C51H51N2/c1-35-31-41(25-29-47-50(2,3)43-33-39(23-27-45(43)52(47)6)36-17-11-8-12-18-36)49(38-21-15-10-16-22-38)42(32-35)26-30-48-51(4,5)44-34-40(24-28-46(44)53(48)7)37-19-13-9-14-20-37/h8-30,33-35H,31-32H2,1-7H3/q+1. The fraction of sp³-hybridized carbons (Fsp3) is 0.235. The molecule has 0 saturated heterocycles. The van der Waals surface area contributed by atoms with Crippen LogP contribution in [0.4, 0.5) is 11.4 Å². The van der Waals surface area contributed by atoms with E-state index in [1.807, 2.05) is 0 Å².